The van der Waals surface area contributed by atoms with Crippen molar-refractivity contribution in [2.45, 2.75) is 37.8 Å². The molecule has 0 fully saturated rings. The van der Waals surface area contributed by atoms with Gasteiger partial charge >= 0.3 is 6.09 Å². The Bertz CT molecular complexity index is 850. The van der Waals surface area contributed by atoms with E-state index >= 15 is 0 Å². The minimum absolute atomic E-state index is 0.292. The summed E-state index contributed by atoms with van der Waals surface area (Å²) in [4.78, 5) is 12.0. The van der Waals surface area contributed by atoms with Gasteiger partial charge in [0.15, 0.2) is 9.84 Å². The molecule has 0 unspecified atom stereocenters. The topological polar surface area (TPSA) is 72.5 Å². The number of ether oxygens (including phenoxy) is 1. The fraction of sp³-hybridized carbons (Fsp3) is 0.316. The second kappa shape index (κ2) is 7.27. The first-order chi connectivity index (χ1) is 11.5. The molecule has 0 heterocycles. The van der Waals surface area contributed by atoms with Crippen LogP contribution in [0.2, 0.25) is 0 Å². The lowest BCUT2D eigenvalue weighted by Crippen LogP contribution is -2.32. The van der Waals surface area contributed by atoms with Crippen LogP contribution in [-0.4, -0.2) is 26.4 Å². The number of alkyl carbamates (subject to hydrolysis) is 1. The van der Waals surface area contributed by atoms with E-state index in [0.29, 0.717) is 11.4 Å². The third-order valence-corrected chi connectivity index (χ3v) is 4.50. The second-order valence-corrected chi connectivity index (χ2v) is 8.87. The Morgan fingerprint density at radius 3 is 2.24 bits per heavy atom. The number of carbonyl (C=O) groups excluding carboxylic acids is 1. The maximum Gasteiger partial charge on any atom is 0.407 e. The Morgan fingerprint density at radius 2 is 1.68 bits per heavy atom. The van der Waals surface area contributed by atoms with E-state index in [-0.39, 0.29) is 0 Å². The van der Waals surface area contributed by atoms with Crippen LogP contribution in [0.5, 0.6) is 0 Å². The van der Waals surface area contributed by atoms with Gasteiger partial charge in [0.05, 0.1) is 4.90 Å². The largest absolute Gasteiger partial charge is 0.444 e. The molecule has 0 saturated carbocycles. The van der Waals surface area contributed by atoms with E-state index < -0.39 is 21.5 Å². The van der Waals surface area contributed by atoms with Crippen LogP contribution in [-0.2, 0) is 21.1 Å². The van der Waals surface area contributed by atoms with Crippen LogP contribution in [0.3, 0.4) is 0 Å². The highest BCUT2D eigenvalue weighted by atomic mass is 32.2. The second-order valence-electron chi connectivity index (χ2n) is 6.85. The van der Waals surface area contributed by atoms with Crippen molar-refractivity contribution in [3.05, 3.63) is 54.1 Å². The van der Waals surface area contributed by atoms with Crippen LogP contribution < -0.4 is 5.32 Å². The van der Waals surface area contributed by atoms with Gasteiger partial charge in [-0.15, -0.1) is 0 Å². The Kier molecular flexibility index (Phi) is 5.52. The van der Waals surface area contributed by atoms with Crippen LogP contribution in [0.25, 0.3) is 11.1 Å². The maximum atomic E-state index is 11.7. The predicted molar refractivity (Wildman–Crippen MR) is 98.1 cm³/mol. The van der Waals surface area contributed by atoms with E-state index in [1.165, 1.54) is 6.26 Å². The minimum atomic E-state index is -3.24. The molecule has 25 heavy (non-hydrogen) atoms. The highest BCUT2D eigenvalue weighted by Gasteiger charge is 2.15. The summed E-state index contributed by atoms with van der Waals surface area (Å²) in [6.45, 7) is 5.79. The lowest BCUT2D eigenvalue weighted by atomic mass is 10.0. The van der Waals surface area contributed by atoms with E-state index in [4.69, 9.17) is 4.74 Å². The molecule has 0 aromatic heterocycles. The standard InChI is InChI=1S/C19H23NO4S/c1-19(2,3)24-18(21)20-13-14-8-10-15(11-9-14)16-6-5-7-17(12-16)25(4,22)23/h5-12H,13H2,1-4H3,(H,20,21). The average molecular weight is 361 g/mol. The third-order valence-electron chi connectivity index (χ3n) is 3.39. The number of benzene rings is 2. The van der Waals surface area contributed by atoms with Gasteiger partial charge in [0.1, 0.15) is 5.60 Å². The normalized spacial score (nSPS) is 11.8. The zero-order valence-electron chi connectivity index (χ0n) is 14.9. The Labute approximate surface area is 148 Å². The number of hydrogen-bond donors (Lipinski definition) is 1. The molecule has 5 nitrogen and oxygen atoms in total. The lowest BCUT2D eigenvalue weighted by molar-refractivity contribution is 0.0523. The molecule has 0 saturated heterocycles. The number of rotatable bonds is 4. The van der Waals surface area contributed by atoms with Crippen LogP contribution in [0.15, 0.2) is 53.4 Å². The highest BCUT2D eigenvalue weighted by Crippen LogP contribution is 2.23. The number of carbonyl (C=O) groups is 1. The van der Waals surface area contributed by atoms with Crippen LogP contribution in [0.1, 0.15) is 26.3 Å². The summed E-state index contributed by atoms with van der Waals surface area (Å²) < 4.78 is 28.5. The predicted octanol–water partition coefficient (Wildman–Crippen LogP) is 3.78. The highest BCUT2D eigenvalue weighted by molar-refractivity contribution is 7.90. The summed E-state index contributed by atoms with van der Waals surface area (Å²) in [5.74, 6) is 0. The first-order valence-corrected chi connectivity index (χ1v) is 9.80. The average Bonchev–Trinajstić information content (AvgIpc) is 2.51. The van der Waals surface area contributed by atoms with Crippen molar-refractivity contribution in [2.75, 3.05) is 6.26 Å². The van der Waals surface area contributed by atoms with Gasteiger partial charge in [-0.2, -0.15) is 0 Å². The van der Waals surface area contributed by atoms with Gasteiger partial charge < -0.3 is 10.1 Å². The van der Waals surface area contributed by atoms with Gasteiger partial charge in [-0.3, -0.25) is 0 Å². The van der Waals surface area contributed by atoms with Gasteiger partial charge in [0.25, 0.3) is 0 Å². The molecule has 2 aromatic rings. The molecular formula is C19H23NO4S. The Morgan fingerprint density at radius 1 is 1.04 bits per heavy atom. The van der Waals surface area contributed by atoms with Gasteiger partial charge in [0, 0.05) is 12.8 Å². The molecule has 2 aromatic carbocycles. The van der Waals surface area contributed by atoms with Crippen LogP contribution in [0, 0.1) is 0 Å². The van der Waals surface area contributed by atoms with Gasteiger partial charge in [-0.1, -0.05) is 36.4 Å². The summed E-state index contributed by atoms with van der Waals surface area (Å²) in [5, 5.41) is 2.70. The van der Waals surface area contributed by atoms with Gasteiger partial charge in [-0.05, 0) is 49.6 Å². The molecule has 1 N–H and O–H groups in total. The van der Waals surface area contributed by atoms with Crippen molar-refractivity contribution in [1.29, 1.82) is 0 Å². The molecule has 0 aliphatic heterocycles. The number of hydrogen-bond acceptors (Lipinski definition) is 4. The van der Waals surface area contributed by atoms with Crippen LogP contribution in [0.4, 0.5) is 4.79 Å². The zero-order valence-corrected chi connectivity index (χ0v) is 15.7. The lowest BCUT2D eigenvalue weighted by Gasteiger charge is -2.19. The van der Waals surface area contributed by atoms with Gasteiger partial charge in [-0.25, -0.2) is 13.2 Å². The Balaban J connectivity index is 2.07. The molecule has 1 amide bonds. The summed E-state index contributed by atoms with van der Waals surface area (Å²) in [7, 11) is -3.24. The summed E-state index contributed by atoms with van der Waals surface area (Å²) in [5.41, 5.74) is 2.13. The fourth-order valence-corrected chi connectivity index (χ4v) is 2.88. The molecule has 0 aliphatic rings. The minimum Gasteiger partial charge on any atom is -0.444 e. The fourth-order valence-electron chi connectivity index (χ4n) is 2.21. The molecule has 0 atom stereocenters. The molecule has 0 radical (unpaired) electrons. The van der Waals surface area contributed by atoms with E-state index in [1.54, 1.807) is 18.2 Å². The monoisotopic (exact) mass is 361 g/mol. The number of amides is 1. The molecular weight excluding hydrogens is 338 g/mol. The summed E-state index contributed by atoms with van der Waals surface area (Å²) in [6, 6.07) is 14.4. The van der Waals surface area contributed by atoms with E-state index in [9.17, 15) is 13.2 Å². The molecule has 2 rings (SSSR count). The van der Waals surface area contributed by atoms with Crippen molar-refractivity contribution < 1.29 is 17.9 Å². The molecule has 0 aliphatic carbocycles. The van der Waals surface area contributed by atoms with Crippen molar-refractivity contribution >= 4 is 15.9 Å². The SMILES string of the molecule is CC(C)(C)OC(=O)NCc1ccc(-c2cccc(S(C)(=O)=O)c2)cc1. The van der Waals surface area contributed by atoms with Crippen LogP contribution >= 0.6 is 0 Å². The molecule has 0 spiro atoms. The van der Waals surface area contributed by atoms with E-state index in [2.05, 4.69) is 5.32 Å². The Hall–Kier alpha value is -2.34. The van der Waals surface area contributed by atoms with Crippen molar-refractivity contribution in [3.63, 3.8) is 0 Å². The maximum absolute atomic E-state index is 11.7. The molecule has 0 bridgehead atoms. The van der Waals surface area contributed by atoms with Crippen molar-refractivity contribution in [1.82, 2.24) is 5.32 Å². The van der Waals surface area contributed by atoms with Gasteiger partial charge in [0.2, 0.25) is 0 Å². The molecule has 134 valence electrons. The smallest absolute Gasteiger partial charge is 0.407 e. The van der Waals surface area contributed by atoms with E-state index in [1.807, 2.05) is 51.1 Å². The summed E-state index contributed by atoms with van der Waals surface area (Å²) >= 11 is 0. The number of nitrogens with one attached hydrogen (secondary N) is 1. The molecule has 6 heteroatoms. The number of sulfone groups is 1. The third kappa shape index (κ3) is 5.90. The quantitative estimate of drug-likeness (QED) is 0.899. The first-order valence-electron chi connectivity index (χ1n) is 7.91. The van der Waals surface area contributed by atoms with Crippen molar-refractivity contribution in [2.24, 2.45) is 0 Å². The zero-order chi connectivity index (χ0) is 18.7. The summed E-state index contributed by atoms with van der Waals surface area (Å²) in [6.07, 6.45) is 0.731. The van der Waals surface area contributed by atoms with E-state index in [0.717, 1.165) is 16.7 Å². The first kappa shape index (κ1) is 19.0. The van der Waals surface area contributed by atoms with Crippen molar-refractivity contribution in [3.8, 4) is 11.1 Å².